The molecule has 0 fully saturated rings. The second-order valence-electron chi connectivity index (χ2n) is 5.12. The molecule has 0 radical (unpaired) electrons. The Morgan fingerprint density at radius 2 is 2.17 bits per heavy atom. The Bertz CT molecular complexity index is 817. The number of rotatable bonds is 6. The summed E-state index contributed by atoms with van der Waals surface area (Å²) in [6.07, 6.45) is 2.23. The summed E-state index contributed by atoms with van der Waals surface area (Å²) in [5.41, 5.74) is 1.57. The van der Waals surface area contributed by atoms with Crippen molar-refractivity contribution in [3.63, 3.8) is 0 Å². The fraction of sp³-hybridized carbons (Fsp3) is 0.250. The van der Waals surface area contributed by atoms with E-state index in [4.69, 9.17) is 4.42 Å². The predicted octanol–water partition coefficient (Wildman–Crippen LogP) is 1.92. The summed E-state index contributed by atoms with van der Waals surface area (Å²) in [5.74, 6) is 0.344. The normalized spacial score (nSPS) is 10.8. The van der Waals surface area contributed by atoms with Crippen molar-refractivity contribution in [2.24, 2.45) is 7.05 Å². The topological polar surface area (TPSA) is 76.3 Å². The average Bonchev–Trinajstić information content (AvgIpc) is 3.24. The van der Waals surface area contributed by atoms with Crippen molar-refractivity contribution in [2.75, 3.05) is 13.1 Å². The molecule has 7 heteroatoms. The van der Waals surface area contributed by atoms with E-state index in [-0.39, 0.29) is 18.4 Å². The van der Waals surface area contributed by atoms with Gasteiger partial charge in [0.15, 0.2) is 0 Å². The highest BCUT2D eigenvalue weighted by Crippen LogP contribution is 2.23. The smallest absolute Gasteiger partial charge is 0.268 e. The monoisotopic (exact) mass is 331 g/mol. The van der Waals surface area contributed by atoms with Crippen LogP contribution in [0.2, 0.25) is 0 Å². The lowest BCUT2D eigenvalue weighted by Crippen LogP contribution is -2.38. The molecule has 3 rings (SSSR count). The van der Waals surface area contributed by atoms with E-state index in [0.717, 1.165) is 16.0 Å². The first-order valence-electron chi connectivity index (χ1n) is 7.25. The molecule has 3 aromatic rings. The molecule has 0 aliphatic rings. The molecule has 0 saturated heterocycles. The Morgan fingerprint density at radius 3 is 2.91 bits per heavy atom. The Kier molecular flexibility index (Phi) is 4.47. The zero-order chi connectivity index (χ0) is 16.2. The van der Waals surface area contributed by atoms with E-state index < -0.39 is 0 Å². The van der Waals surface area contributed by atoms with Crippen LogP contribution in [0.15, 0.2) is 40.3 Å². The van der Waals surface area contributed by atoms with Crippen LogP contribution in [0.4, 0.5) is 0 Å². The third kappa shape index (κ3) is 3.45. The SMILES string of the molecule is Cn1c(C(=O)NCC(=O)NCCc2ccco2)cc2sccc21. The first kappa shape index (κ1) is 15.4. The molecular weight excluding hydrogens is 314 g/mol. The zero-order valence-corrected chi connectivity index (χ0v) is 13.5. The maximum absolute atomic E-state index is 12.2. The van der Waals surface area contributed by atoms with Crippen molar-refractivity contribution in [3.05, 3.63) is 47.4 Å². The molecule has 0 saturated carbocycles. The molecule has 0 atom stereocenters. The highest BCUT2D eigenvalue weighted by atomic mass is 32.1. The number of carbonyl (C=O) groups excluding carboxylic acids is 2. The number of amides is 2. The Hall–Kier alpha value is -2.54. The largest absolute Gasteiger partial charge is 0.469 e. The summed E-state index contributed by atoms with van der Waals surface area (Å²) < 4.78 is 8.07. The van der Waals surface area contributed by atoms with Crippen LogP contribution in [0.25, 0.3) is 10.2 Å². The number of aryl methyl sites for hydroxylation is 1. The number of hydrogen-bond donors (Lipinski definition) is 2. The van der Waals surface area contributed by atoms with Gasteiger partial charge in [-0.2, -0.15) is 0 Å². The second kappa shape index (κ2) is 6.70. The van der Waals surface area contributed by atoms with E-state index in [1.165, 1.54) is 0 Å². The minimum Gasteiger partial charge on any atom is -0.469 e. The van der Waals surface area contributed by atoms with Gasteiger partial charge in [0, 0.05) is 20.0 Å². The van der Waals surface area contributed by atoms with Crippen LogP contribution >= 0.6 is 11.3 Å². The molecule has 0 aliphatic carbocycles. The summed E-state index contributed by atoms with van der Waals surface area (Å²) >= 11 is 1.58. The number of thiophene rings is 1. The van der Waals surface area contributed by atoms with E-state index in [1.54, 1.807) is 17.6 Å². The van der Waals surface area contributed by atoms with Crippen LogP contribution in [-0.4, -0.2) is 29.5 Å². The van der Waals surface area contributed by atoms with Crippen LogP contribution in [0, 0.1) is 0 Å². The maximum Gasteiger partial charge on any atom is 0.268 e. The molecule has 0 spiro atoms. The third-order valence-electron chi connectivity index (χ3n) is 3.58. The quantitative estimate of drug-likeness (QED) is 0.724. The van der Waals surface area contributed by atoms with Crippen LogP contribution in [0.3, 0.4) is 0 Å². The van der Waals surface area contributed by atoms with Gasteiger partial charge in [0.1, 0.15) is 11.5 Å². The van der Waals surface area contributed by atoms with Crippen molar-refractivity contribution in [3.8, 4) is 0 Å². The molecule has 3 aromatic heterocycles. The number of nitrogens with one attached hydrogen (secondary N) is 2. The zero-order valence-electron chi connectivity index (χ0n) is 12.7. The van der Waals surface area contributed by atoms with Gasteiger partial charge in [-0.3, -0.25) is 9.59 Å². The Balaban J connectivity index is 1.47. The van der Waals surface area contributed by atoms with E-state index in [2.05, 4.69) is 10.6 Å². The number of nitrogens with zero attached hydrogens (tertiary/aromatic N) is 1. The van der Waals surface area contributed by atoms with Crippen molar-refractivity contribution in [1.29, 1.82) is 0 Å². The van der Waals surface area contributed by atoms with Gasteiger partial charge in [-0.1, -0.05) is 0 Å². The highest BCUT2D eigenvalue weighted by Gasteiger charge is 2.14. The molecule has 0 aliphatic heterocycles. The molecule has 3 heterocycles. The number of fused-ring (bicyclic) bond motifs is 1. The average molecular weight is 331 g/mol. The first-order chi connectivity index (χ1) is 11.1. The van der Waals surface area contributed by atoms with Crippen molar-refractivity contribution < 1.29 is 14.0 Å². The van der Waals surface area contributed by atoms with Gasteiger partial charge in [0.05, 0.1) is 23.0 Å². The predicted molar refractivity (Wildman–Crippen MR) is 88.6 cm³/mol. The summed E-state index contributed by atoms with van der Waals surface area (Å²) in [4.78, 5) is 23.9. The highest BCUT2D eigenvalue weighted by molar-refractivity contribution is 7.17. The summed E-state index contributed by atoms with van der Waals surface area (Å²) in [6.45, 7) is 0.428. The lowest BCUT2D eigenvalue weighted by atomic mass is 10.3. The van der Waals surface area contributed by atoms with E-state index in [0.29, 0.717) is 18.7 Å². The Morgan fingerprint density at radius 1 is 1.30 bits per heavy atom. The number of hydrogen-bond acceptors (Lipinski definition) is 4. The first-order valence-corrected chi connectivity index (χ1v) is 8.13. The molecular formula is C16H17N3O3S. The standard InChI is InChI=1S/C16H17N3O3S/c1-19-12-5-8-23-14(12)9-13(19)16(21)18-10-15(20)17-6-4-11-3-2-7-22-11/h2-3,5,7-9H,4,6,10H2,1H3,(H,17,20)(H,18,21). The van der Waals surface area contributed by atoms with Crippen LogP contribution in [0.1, 0.15) is 16.2 Å². The maximum atomic E-state index is 12.2. The summed E-state index contributed by atoms with van der Waals surface area (Å²) in [6, 6.07) is 7.47. The van der Waals surface area contributed by atoms with Crippen LogP contribution in [0.5, 0.6) is 0 Å². The number of furan rings is 1. The van der Waals surface area contributed by atoms with E-state index in [9.17, 15) is 9.59 Å². The van der Waals surface area contributed by atoms with Crippen molar-refractivity contribution in [2.45, 2.75) is 6.42 Å². The number of aromatic nitrogens is 1. The second-order valence-corrected chi connectivity index (χ2v) is 6.07. The van der Waals surface area contributed by atoms with E-state index >= 15 is 0 Å². The van der Waals surface area contributed by atoms with E-state index in [1.807, 2.05) is 41.3 Å². The van der Waals surface area contributed by atoms with Gasteiger partial charge in [0.2, 0.25) is 5.91 Å². The Labute approximate surface area is 137 Å². The van der Waals surface area contributed by atoms with Gasteiger partial charge in [-0.05, 0) is 29.6 Å². The molecule has 0 bridgehead atoms. The van der Waals surface area contributed by atoms with Gasteiger partial charge >= 0.3 is 0 Å². The molecule has 0 aromatic carbocycles. The molecule has 23 heavy (non-hydrogen) atoms. The molecule has 120 valence electrons. The molecule has 6 nitrogen and oxygen atoms in total. The summed E-state index contributed by atoms with van der Waals surface area (Å²) in [5, 5.41) is 7.37. The number of carbonyl (C=O) groups is 2. The van der Waals surface area contributed by atoms with Gasteiger partial charge in [0.25, 0.3) is 5.91 Å². The summed E-state index contributed by atoms with van der Waals surface area (Å²) in [7, 11) is 1.84. The third-order valence-corrected chi connectivity index (χ3v) is 4.43. The fourth-order valence-electron chi connectivity index (χ4n) is 2.36. The van der Waals surface area contributed by atoms with Gasteiger partial charge in [-0.15, -0.1) is 11.3 Å². The molecule has 2 amide bonds. The molecule has 0 unspecified atom stereocenters. The lowest BCUT2D eigenvalue weighted by Gasteiger charge is -2.07. The van der Waals surface area contributed by atoms with Gasteiger partial charge in [-0.25, -0.2) is 0 Å². The fourth-order valence-corrected chi connectivity index (χ4v) is 3.21. The minimum absolute atomic E-state index is 0.0458. The van der Waals surface area contributed by atoms with Crippen molar-refractivity contribution >= 4 is 33.4 Å². The molecule has 2 N–H and O–H groups in total. The van der Waals surface area contributed by atoms with Crippen LogP contribution < -0.4 is 10.6 Å². The van der Waals surface area contributed by atoms with Crippen molar-refractivity contribution in [1.82, 2.24) is 15.2 Å². The minimum atomic E-state index is -0.253. The van der Waals surface area contributed by atoms with Gasteiger partial charge < -0.3 is 19.6 Å². The lowest BCUT2D eigenvalue weighted by molar-refractivity contribution is -0.120. The van der Waals surface area contributed by atoms with Crippen LogP contribution in [-0.2, 0) is 18.3 Å².